The zero-order valence-corrected chi connectivity index (χ0v) is 8.47. The third-order valence-electron chi connectivity index (χ3n) is 2.50. The van der Waals surface area contributed by atoms with Crippen molar-refractivity contribution in [2.24, 2.45) is 0 Å². The molecule has 0 amide bonds. The van der Waals surface area contributed by atoms with Gasteiger partial charge in [0.2, 0.25) is 0 Å². The van der Waals surface area contributed by atoms with E-state index in [0.29, 0.717) is 12.0 Å². The molecular weight excluding hydrogens is 192 g/mol. The van der Waals surface area contributed by atoms with E-state index in [1.807, 2.05) is 19.1 Å². The summed E-state index contributed by atoms with van der Waals surface area (Å²) < 4.78 is 10.9. The summed E-state index contributed by atoms with van der Waals surface area (Å²) in [6, 6.07) is 7.25. The van der Waals surface area contributed by atoms with Crippen molar-refractivity contribution in [2.45, 2.75) is 19.1 Å². The van der Waals surface area contributed by atoms with Gasteiger partial charge in [0, 0.05) is 17.5 Å². The molecule has 0 bridgehead atoms. The molecule has 0 spiro atoms. The normalized spacial score (nSPS) is 16.9. The van der Waals surface area contributed by atoms with Crippen molar-refractivity contribution in [1.29, 1.82) is 0 Å². The van der Waals surface area contributed by atoms with Crippen LogP contribution in [0.1, 0.15) is 29.3 Å². The highest BCUT2D eigenvalue weighted by atomic mass is 16.7. The van der Waals surface area contributed by atoms with Crippen LogP contribution in [0.5, 0.6) is 0 Å². The molecule has 3 nitrogen and oxygen atoms in total. The number of rotatable bonds is 3. The summed E-state index contributed by atoms with van der Waals surface area (Å²) in [5.41, 5.74) is 1.49. The molecule has 0 saturated carbocycles. The Kier molecular flexibility index (Phi) is 2.46. The summed E-state index contributed by atoms with van der Waals surface area (Å²) in [7, 11) is 0. The number of benzene rings is 1. The van der Waals surface area contributed by atoms with Crippen LogP contribution in [-0.2, 0) is 15.3 Å². The minimum absolute atomic E-state index is 0.624. The Morgan fingerprint density at radius 1 is 1.33 bits per heavy atom. The number of hydrogen-bond acceptors (Lipinski definition) is 3. The molecule has 0 atom stereocenters. The van der Waals surface area contributed by atoms with Gasteiger partial charge in [-0.2, -0.15) is 0 Å². The zero-order chi connectivity index (χ0) is 10.7. The van der Waals surface area contributed by atoms with Crippen LogP contribution in [0.15, 0.2) is 36.8 Å². The third kappa shape index (κ3) is 1.61. The van der Waals surface area contributed by atoms with Crippen molar-refractivity contribution in [3.8, 4) is 0 Å². The minimum atomic E-state index is -0.751. The summed E-state index contributed by atoms with van der Waals surface area (Å²) in [6.45, 7) is 1.97. The fourth-order valence-corrected chi connectivity index (χ4v) is 1.66. The molecule has 1 aromatic carbocycles. The van der Waals surface area contributed by atoms with Crippen molar-refractivity contribution in [1.82, 2.24) is 0 Å². The highest BCUT2D eigenvalue weighted by Gasteiger charge is 2.35. The molecule has 78 valence electrons. The Balaban J connectivity index is 2.38. The quantitative estimate of drug-likeness (QED) is 0.710. The summed E-state index contributed by atoms with van der Waals surface area (Å²) in [5.74, 6) is -0.751. The van der Waals surface area contributed by atoms with Crippen LogP contribution in [0.25, 0.3) is 0 Å². The summed E-state index contributed by atoms with van der Waals surface area (Å²) in [5, 5.41) is 0. The average Bonchev–Trinajstić information content (AvgIpc) is 2.79. The molecule has 1 aliphatic rings. The van der Waals surface area contributed by atoms with E-state index in [4.69, 9.17) is 9.47 Å². The molecule has 1 aliphatic heterocycles. The van der Waals surface area contributed by atoms with Gasteiger partial charge in [0.1, 0.15) is 18.8 Å². The highest BCUT2D eigenvalue weighted by molar-refractivity contribution is 5.75. The van der Waals surface area contributed by atoms with E-state index in [1.54, 1.807) is 12.1 Å². The van der Waals surface area contributed by atoms with Crippen LogP contribution in [0.3, 0.4) is 0 Å². The summed E-state index contributed by atoms with van der Waals surface area (Å²) in [6.07, 6.45) is 4.55. The van der Waals surface area contributed by atoms with Gasteiger partial charge in [0.15, 0.2) is 0 Å². The molecule has 1 heterocycles. The number of carbonyl (C=O) groups excluding carboxylic acids is 1. The van der Waals surface area contributed by atoms with Crippen molar-refractivity contribution in [2.75, 3.05) is 0 Å². The molecule has 0 unspecified atom stereocenters. The zero-order valence-electron chi connectivity index (χ0n) is 8.47. The summed E-state index contributed by atoms with van der Waals surface area (Å²) >= 11 is 0. The molecule has 0 aromatic heterocycles. The first kappa shape index (κ1) is 9.77. The molecular formula is C12H12O3. The molecule has 0 saturated heterocycles. The molecule has 0 fully saturated rings. The maximum absolute atomic E-state index is 10.7. The van der Waals surface area contributed by atoms with Crippen molar-refractivity contribution in [3.63, 3.8) is 0 Å². The smallest absolute Gasteiger partial charge is 0.276 e. The Morgan fingerprint density at radius 2 is 2.07 bits per heavy atom. The lowest BCUT2D eigenvalue weighted by Gasteiger charge is -2.26. The van der Waals surface area contributed by atoms with E-state index in [9.17, 15) is 4.79 Å². The van der Waals surface area contributed by atoms with Crippen molar-refractivity contribution < 1.29 is 14.3 Å². The second-order valence-electron chi connectivity index (χ2n) is 3.36. The second kappa shape index (κ2) is 3.77. The number of ether oxygens (including phenoxy) is 2. The second-order valence-corrected chi connectivity index (χ2v) is 3.36. The lowest BCUT2D eigenvalue weighted by Crippen LogP contribution is -2.25. The van der Waals surface area contributed by atoms with Crippen LogP contribution in [0, 0.1) is 0 Å². The van der Waals surface area contributed by atoms with E-state index in [0.717, 1.165) is 11.8 Å². The van der Waals surface area contributed by atoms with Gasteiger partial charge >= 0.3 is 0 Å². The molecule has 2 rings (SSSR count). The molecule has 1 aromatic rings. The molecule has 0 N–H and O–H groups in total. The standard InChI is InChI=1S/C12H12O3/c1-2-12(14-6-7-15-12)11-5-3-4-10(8-11)9-13/h3-9H,2H2,1H3. The fraction of sp³-hybridized carbons (Fsp3) is 0.250. The van der Waals surface area contributed by atoms with Gasteiger partial charge in [-0.25, -0.2) is 0 Å². The monoisotopic (exact) mass is 204 g/mol. The van der Waals surface area contributed by atoms with Crippen LogP contribution in [-0.4, -0.2) is 6.29 Å². The Morgan fingerprint density at radius 3 is 2.67 bits per heavy atom. The van der Waals surface area contributed by atoms with Crippen LogP contribution in [0.2, 0.25) is 0 Å². The van der Waals surface area contributed by atoms with Gasteiger partial charge in [-0.3, -0.25) is 4.79 Å². The predicted molar refractivity (Wildman–Crippen MR) is 55.1 cm³/mol. The SMILES string of the molecule is CCC1(c2cccc(C=O)c2)OC=CO1. The predicted octanol–water partition coefficient (Wildman–Crippen LogP) is 2.58. The van der Waals surface area contributed by atoms with Gasteiger partial charge < -0.3 is 9.47 Å². The fourth-order valence-electron chi connectivity index (χ4n) is 1.66. The van der Waals surface area contributed by atoms with Gasteiger partial charge in [0.05, 0.1) is 0 Å². The van der Waals surface area contributed by atoms with Crippen LogP contribution in [0.4, 0.5) is 0 Å². The van der Waals surface area contributed by atoms with E-state index in [1.165, 1.54) is 12.5 Å². The lowest BCUT2D eigenvalue weighted by atomic mass is 10.0. The molecule has 15 heavy (non-hydrogen) atoms. The van der Waals surface area contributed by atoms with Gasteiger partial charge in [0.25, 0.3) is 5.79 Å². The Labute approximate surface area is 88.3 Å². The third-order valence-corrected chi connectivity index (χ3v) is 2.50. The number of aldehydes is 1. The molecule has 0 aliphatic carbocycles. The van der Waals surface area contributed by atoms with Gasteiger partial charge in [-0.05, 0) is 6.07 Å². The largest absolute Gasteiger partial charge is 0.453 e. The Hall–Kier alpha value is -1.77. The first-order valence-corrected chi connectivity index (χ1v) is 4.87. The first-order valence-electron chi connectivity index (χ1n) is 4.87. The van der Waals surface area contributed by atoms with E-state index >= 15 is 0 Å². The lowest BCUT2D eigenvalue weighted by molar-refractivity contribution is -0.151. The maximum Gasteiger partial charge on any atom is 0.276 e. The van der Waals surface area contributed by atoms with Gasteiger partial charge in [-0.1, -0.05) is 25.1 Å². The summed E-state index contributed by atoms with van der Waals surface area (Å²) in [4.78, 5) is 10.7. The number of carbonyl (C=O) groups is 1. The van der Waals surface area contributed by atoms with Crippen molar-refractivity contribution in [3.05, 3.63) is 47.9 Å². The molecule has 3 heteroatoms. The van der Waals surface area contributed by atoms with Crippen LogP contribution >= 0.6 is 0 Å². The maximum atomic E-state index is 10.7. The topological polar surface area (TPSA) is 35.5 Å². The average molecular weight is 204 g/mol. The highest BCUT2D eigenvalue weighted by Crippen LogP contribution is 2.35. The minimum Gasteiger partial charge on any atom is -0.453 e. The van der Waals surface area contributed by atoms with E-state index < -0.39 is 5.79 Å². The molecule has 0 radical (unpaired) electrons. The van der Waals surface area contributed by atoms with Crippen LogP contribution < -0.4 is 0 Å². The van der Waals surface area contributed by atoms with Crippen molar-refractivity contribution >= 4 is 6.29 Å². The van der Waals surface area contributed by atoms with E-state index in [2.05, 4.69) is 0 Å². The Bertz CT molecular complexity index is 388. The van der Waals surface area contributed by atoms with E-state index in [-0.39, 0.29) is 0 Å². The number of hydrogen-bond donors (Lipinski definition) is 0. The first-order chi connectivity index (χ1) is 7.30. The van der Waals surface area contributed by atoms with Gasteiger partial charge in [-0.15, -0.1) is 0 Å².